The highest BCUT2D eigenvalue weighted by Gasteiger charge is 2.10. The number of rotatable bonds is 2. The minimum atomic E-state index is 0.688. The maximum Gasteiger partial charge on any atom is 0.162 e. The Morgan fingerprint density at radius 2 is 1.87 bits per heavy atom. The van der Waals surface area contributed by atoms with Gasteiger partial charge in [0.2, 0.25) is 0 Å². The summed E-state index contributed by atoms with van der Waals surface area (Å²) in [6, 6.07) is 7.71. The van der Waals surface area contributed by atoms with Gasteiger partial charge in [-0.15, -0.1) is 0 Å². The summed E-state index contributed by atoms with van der Waals surface area (Å²) in [6.07, 6.45) is 3.45. The highest BCUT2D eigenvalue weighted by molar-refractivity contribution is 14.1. The average Bonchev–Trinajstić information content (AvgIpc) is 2.30. The van der Waals surface area contributed by atoms with Crippen molar-refractivity contribution in [3.63, 3.8) is 0 Å². The molecule has 0 aliphatic carbocycles. The lowest BCUT2D eigenvalue weighted by atomic mass is 10.2. The van der Waals surface area contributed by atoms with Crippen molar-refractivity contribution in [3.8, 4) is 17.1 Å². The molecule has 0 aliphatic rings. The number of para-hydroxylation sites is 1. The fourth-order valence-corrected chi connectivity index (χ4v) is 2.05. The monoisotopic (exact) mass is 312 g/mol. The van der Waals surface area contributed by atoms with Crippen LogP contribution in [0.5, 0.6) is 5.75 Å². The molecule has 0 unspecified atom stereocenters. The lowest BCUT2D eigenvalue weighted by molar-refractivity contribution is 0.413. The van der Waals surface area contributed by atoms with E-state index in [0.717, 1.165) is 14.9 Å². The smallest absolute Gasteiger partial charge is 0.162 e. The van der Waals surface area contributed by atoms with E-state index in [4.69, 9.17) is 4.74 Å². The topological polar surface area (TPSA) is 35.0 Å². The van der Waals surface area contributed by atoms with Gasteiger partial charge in [-0.1, -0.05) is 6.07 Å². The van der Waals surface area contributed by atoms with E-state index >= 15 is 0 Å². The third kappa shape index (κ3) is 2.09. The van der Waals surface area contributed by atoms with Crippen LogP contribution < -0.4 is 4.74 Å². The Morgan fingerprint density at radius 3 is 2.53 bits per heavy atom. The molecule has 0 saturated heterocycles. The summed E-state index contributed by atoms with van der Waals surface area (Å²) in [4.78, 5) is 8.41. The Kier molecular flexibility index (Phi) is 3.15. The van der Waals surface area contributed by atoms with E-state index in [1.54, 1.807) is 25.6 Å². The molecule has 2 aromatic rings. The number of hydrogen-bond acceptors (Lipinski definition) is 3. The zero-order valence-corrected chi connectivity index (χ0v) is 10.3. The molecule has 0 aliphatic heterocycles. The summed E-state index contributed by atoms with van der Waals surface area (Å²) in [5, 5.41) is 0. The van der Waals surface area contributed by atoms with Crippen LogP contribution in [-0.2, 0) is 0 Å². The van der Waals surface area contributed by atoms with Crippen molar-refractivity contribution in [2.45, 2.75) is 0 Å². The van der Waals surface area contributed by atoms with E-state index < -0.39 is 0 Å². The lowest BCUT2D eigenvalue weighted by Gasteiger charge is -2.08. The molecule has 0 N–H and O–H groups in total. The standard InChI is InChI=1S/C11H9IN2O/c1-15-10-8(4-2-5-9(10)12)11-13-6-3-7-14-11/h2-7H,1H3. The second-order valence-corrected chi connectivity index (χ2v) is 4.06. The van der Waals surface area contributed by atoms with E-state index in [9.17, 15) is 0 Å². The van der Waals surface area contributed by atoms with Gasteiger partial charge in [-0.05, 0) is 40.8 Å². The quantitative estimate of drug-likeness (QED) is 0.800. The van der Waals surface area contributed by atoms with Crippen LogP contribution >= 0.6 is 22.6 Å². The van der Waals surface area contributed by atoms with Crippen LogP contribution in [0.25, 0.3) is 11.4 Å². The van der Waals surface area contributed by atoms with E-state index in [0.29, 0.717) is 5.82 Å². The number of hydrogen-bond donors (Lipinski definition) is 0. The number of ether oxygens (including phenoxy) is 1. The molecule has 1 heterocycles. The van der Waals surface area contributed by atoms with Crippen LogP contribution in [0.3, 0.4) is 0 Å². The number of nitrogens with zero attached hydrogens (tertiary/aromatic N) is 2. The van der Waals surface area contributed by atoms with Gasteiger partial charge in [-0.3, -0.25) is 0 Å². The Hall–Kier alpha value is -1.17. The Morgan fingerprint density at radius 1 is 1.13 bits per heavy atom. The Bertz CT molecular complexity index is 459. The van der Waals surface area contributed by atoms with Crippen molar-refractivity contribution in [1.82, 2.24) is 9.97 Å². The van der Waals surface area contributed by atoms with Crippen molar-refractivity contribution in [2.24, 2.45) is 0 Å². The van der Waals surface area contributed by atoms with Gasteiger partial charge in [0, 0.05) is 12.4 Å². The predicted molar refractivity (Wildman–Crippen MR) is 66.7 cm³/mol. The van der Waals surface area contributed by atoms with Gasteiger partial charge in [-0.25, -0.2) is 9.97 Å². The van der Waals surface area contributed by atoms with Gasteiger partial charge in [0.25, 0.3) is 0 Å². The minimum Gasteiger partial charge on any atom is -0.495 e. The second-order valence-electron chi connectivity index (χ2n) is 2.89. The van der Waals surface area contributed by atoms with Gasteiger partial charge in [0.05, 0.1) is 16.2 Å². The predicted octanol–water partition coefficient (Wildman–Crippen LogP) is 2.76. The van der Waals surface area contributed by atoms with Gasteiger partial charge in [0.15, 0.2) is 5.82 Å². The first-order chi connectivity index (χ1) is 7.33. The molecule has 0 spiro atoms. The molecule has 3 nitrogen and oxygen atoms in total. The highest BCUT2D eigenvalue weighted by atomic mass is 127. The fraction of sp³-hybridized carbons (Fsp3) is 0.0909. The third-order valence-corrected chi connectivity index (χ3v) is 2.83. The van der Waals surface area contributed by atoms with Gasteiger partial charge < -0.3 is 4.74 Å². The zero-order chi connectivity index (χ0) is 10.7. The molecule has 0 saturated carbocycles. The first kappa shape index (κ1) is 10.4. The maximum absolute atomic E-state index is 5.34. The van der Waals surface area contributed by atoms with Crippen molar-refractivity contribution in [2.75, 3.05) is 7.11 Å². The molecule has 2 rings (SSSR count). The maximum atomic E-state index is 5.34. The highest BCUT2D eigenvalue weighted by Crippen LogP contribution is 2.31. The molecule has 76 valence electrons. The molecule has 4 heteroatoms. The summed E-state index contributed by atoms with van der Waals surface area (Å²) in [5.41, 5.74) is 0.921. The second kappa shape index (κ2) is 4.57. The SMILES string of the molecule is COc1c(I)cccc1-c1ncccn1. The van der Waals surface area contributed by atoms with E-state index in [1.165, 1.54) is 0 Å². The first-order valence-electron chi connectivity index (χ1n) is 4.43. The molecule has 0 atom stereocenters. The first-order valence-corrected chi connectivity index (χ1v) is 5.50. The van der Waals surface area contributed by atoms with Crippen LogP contribution in [0, 0.1) is 3.57 Å². The Labute approximate surface area is 102 Å². The fourth-order valence-electron chi connectivity index (χ4n) is 1.33. The number of halogens is 1. The molecule has 0 fully saturated rings. The van der Waals surface area contributed by atoms with E-state index in [2.05, 4.69) is 32.6 Å². The molecular weight excluding hydrogens is 303 g/mol. The molecule has 0 bridgehead atoms. The minimum absolute atomic E-state index is 0.688. The summed E-state index contributed by atoms with van der Waals surface area (Å²) >= 11 is 2.23. The van der Waals surface area contributed by atoms with Crippen molar-refractivity contribution in [1.29, 1.82) is 0 Å². The van der Waals surface area contributed by atoms with E-state index in [1.807, 2.05) is 18.2 Å². The van der Waals surface area contributed by atoms with Crippen LogP contribution in [0.4, 0.5) is 0 Å². The number of methoxy groups -OCH3 is 1. The van der Waals surface area contributed by atoms with Crippen molar-refractivity contribution >= 4 is 22.6 Å². The van der Waals surface area contributed by atoms with Crippen LogP contribution in [-0.4, -0.2) is 17.1 Å². The van der Waals surface area contributed by atoms with Crippen molar-refractivity contribution < 1.29 is 4.74 Å². The largest absolute Gasteiger partial charge is 0.495 e. The summed E-state index contributed by atoms with van der Waals surface area (Å²) in [5.74, 6) is 1.51. The summed E-state index contributed by atoms with van der Waals surface area (Å²) < 4.78 is 6.40. The molecular formula is C11H9IN2O. The van der Waals surface area contributed by atoms with Gasteiger partial charge in [0.1, 0.15) is 5.75 Å². The lowest BCUT2D eigenvalue weighted by Crippen LogP contribution is -1.94. The molecule has 0 radical (unpaired) electrons. The summed E-state index contributed by atoms with van der Waals surface area (Å²) in [6.45, 7) is 0. The Balaban J connectivity index is 2.58. The van der Waals surface area contributed by atoms with Crippen LogP contribution in [0.1, 0.15) is 0 Å². The number of aromatic nitrogens is 2. The van der Waals surface area contributed by atoms with Gasteiger partial charge in [-0.2, -0.15) is 0 Å². The van der Waals surface area contributed by atoms with Crippen molar-refractivity contribution in [3.05, 3.63) is 40.2 Å². The number of benzene rings is 1. The molecule has 1 aromatic carbocycles. The summed E-state index contributed by atoms with van der Waals surface area (Å²) in [7, 11) is 1.66. The normalized spacial score (nSPS) is 10.0. The average molecular weight is 312 g/mol. The molecule has 0 amide bonds. The van der Waals surface area contributed by atoms with Crippen LogP contribution in [0.15, 0.2) is 36.7 Å². The third-order valence-electron chi connectivity index (χ3n) is 1.98. The van der Waals surface area contributed by atoms with Crippen LogP contribution in [0.2, 0.25) is 0 Å². The molecule has 1 aromatic heterocycles. The molecule has 15 heavy (non-hydrogen) atoms. The van der Waals surface area contributed by atoms with Gasteiger partial charge >= 0.3 is 0 Å². The zero-order valence-electron chi connectivity index (χ0n) is 8.14. The van der Waals surface area contributed by atoms with E-state index in [-0.39, 0.29) is 0 Å².